The summed E-state index contributed by atoms with van der Waals surface area (Å²) in [6, 6.07) is 1.36. The molecule has 0 aromatic carbocycles. The monoisotopic (exact) mass is 299 g/mol. The number of ether oxygens (including phenoxy) is 1. The fourth-order valence-corrected chi connectivity index (χ4v) is 2.02. The van der Waals surface area contributed by atoms with Crippen LogP contribution in [0.5, 0.6) is 5.88 Å². The van der Waals surface area contributed by atoms with Crippen LogP contribution in [0.2, 0.25) is 0 Å². The molecule has 108 valence electrons. The van der Waals surface area contributed by atoms with Crippen molar-refractivity contribution >= 4 is 21.7 Å². The number of fused-ring (bicyclic) bond motifs is 1. The van der Waals surface area contributed by atoms with Gasteiger partial charge in [-0.05, 0) is 13.8 Å². The van der Waals surface area contributed by atoms with Gasteiger partial charge in [-0.25, -0.2) is 14.3 Å². The van der Waals surface area contributed by atoms with Crippen molar-refractivity contribution in [2.75, 3.05) is 12.9 Å². The summed E-state index contributed by atoms with van der Waals surface area (Å²) in [6.07, 6.45) is 2.27. The van der Waals surface area contributed by atoms with Gasteiger partial charge in [0.05, 0.1) is 24.1 Å². The minimum Gasteiger partial charge on any atom is -0.462 e. The maximum atomic E-state index is 11.7. The fraction of sp³-hybridized carbons (Fsp3) is 0.364. The Morgan fingerprint density at radius 3 is 2.75 bits per heavy atom. The van der Waals surface area contributed by atoms with Crippen molar-refractivity contribution < 1.29 is 22.1 Å². The van der Waals surface area contributed by atoms with Crippen LogP contribution in [0.1, 0.15) is 23.0 Å². The molecule has 2 aromatic rings. The summed E-state index contributed by atoms with van der Waals surface area (Å²) < 4.78 is 33.0. The molecule has 0 atom stereocenters. The SMILES string of the molecule is CCOC(=O)c1cnc2cc(OS(C)(=O)=O)nn2c1C. The molecule has 0 fully saturated rings. The van der Waals surface area contributed by atoms with Crippen molar-refractivity contribution in [2.24, 2.45) is 0 Å². The van der Waals surface area contributed by atoms with E-state index in [4.69, 9.17) is 4.74 Å². The lowest BCUT2D eigenvalue weighted by molar-refractivity contribution is 0.0524. The molecule has 0 aliphatic rings. The average molecular weight is 299 g/mol. The maximum Gasteiger partial charge on any atom is 0.341 e. The van der Waals surface area contributed by atoms with Crippen LogP contribution in [0, 0.1) is 6.92 Å². The summed E-state index contributed by atoms with van der Waals surface area (Å²) >= 11 is 0. The van der Waals surface area contributed by atoms with Crippen molar-refractivity contribution in [1.82, 2.24) is 14.6 Å². The number of hydrogen-bond donors (Lipinski definition) is 0. The molecule has 20 heavy (non-hydrogen) atoms. The smallest absolute Gasteiger partial charge is 0.341 e. The number of esters is 1. The van der Waals surface area contributed by atoms with E-state index in [0.29, 0.717) is 11.3 Å². The highest BCUT2D eigenvalue weighted by atomic mass is 32.2. The van der Waals surface area contributed by atoms with Crippen LogP contribution in [0.15, 0.2) is 12.3 Å². The molecule has 0 amide bonds. The van der Waals surface area contributed by atoms with Crippen LogP contribution in [0.3, 0.4) is 0 Å². The molecule has 0 bridgehead atoms. The second kappa shape index (κ2) is 5.08. The summed E-state index contributed by atoms with van der Waals surface area (Å²) in [5, 5.41) is 3.95. The highest BCUT2D eigenvalue weighted by Crippen LogP contribution is 2.17. The van der Waals surface area contributed by atoms with Gasteiger partial charge >= 0.3 is 16.1 Å². The Balaban J connectivity index is 2.48. The Bertz CT molecular complexity index is 766. The fourth-order valence-electron chi connectivity index (χ4n) is 1.63. The number of nitrogens with zero attached hydrogens (tertiary/aromatic N) is 3. The van der Waals surface area contributed by atoms with Crippen LogP contribution in [0.4, 0.5) is 0 Å². The highest BCUT2D eigenvalue weighted by molar-refractivity contribution is 7.86. The average Bonchev–Trinajstić information content (AvgIpc) is 2.70. The van der Waals surface area contributed by atoms with Gasteiger partial charge in [-0.2, -0.15) is 8.42 Å². The van der Waals surface area contributed by atoms with Gasteiger partial charge in [-0.15, -0.1) is 5.10 Å². The van der Waals surface area contributed by atoms with Gasteiger partial charge in [0.2, 0.25) is 0 Å². The van der Waals surface area contributed by atoms with Crippen molar-refractivity contribution in [3.8, 4) is 5.88 Å². The maximum absolute atomic E-state index is 11.7. The quantitative estimate of drug-likeness (QED) is 0.600. The van der Waals surface area contributed by atoms with Crippen LogP contribution >= 0.6 is 0 Å². The lowest BCUT2D eigenvalue weighted by Crippen LogP contribution is -2.11. The number of aromatic nitrogens is 3. The summed E-state index contributed by atoms with van der Waals surface area (Å²) in [5.41, 5.74) is 1.11. The van der Waals surface area contributed by atoms with Crippen LogP contribution in [0.25, 0.3) is 5.65 Å². The third-order valence-electron chi connectivity index (χ3n) is 2.43. The number of carbonyl (C=O) groups is 1. The summed E-state index contributed by atoms with van der Waals surface area (Å²) in [7, 11) is -3.67. The predicted octanol–water partition coefficient (Wildman–Crippen LogP) is 0.553. The summed E-state index contributed by atoms with van der Waals surface area (Å²) in [4.78, 5) is 15.7. The zero-order valence-electron chi connectivity index (χ0n) is 11.2. The first-order chi connectivity index (χ1) is 9.31. The number of aryl methyl sites for hydroxylation is 1. The van der Waals surface area contributed by atoms with Crippen LogP contribution in [-0.4, -0.2) is 41.8 Å². The van der Waals surface area contributed by atoms with E-state index >= 15 is 0 Å². The van der Waals surface area contributed by atoms with Gasteiger partial charge in [0.25, 0.3) is 5.88 Å². The minimum atomic E-state index is -3.67. The topological polar surface area (TPSA) is 99.9 Å². The first-order valence-electron chi connectivity index (χ1n) is 5.74. The molecule has 0 aliphatic heterocycles. The highest BCUT2D eigenvalue weighted by Gasteiger charge is 2.16. The van der Waals surface area contributed by atoms with Crippen molar-refractivity contribution in [3.63, 3.8) is 0 Å². The summed E-state index contributed by atoms with van der Waals surface area (Å²) in [5.74, 6) is -0.621. The van der Waals surface area contributed by atoms with Gasteiger partial charge in [-0.3, -0.25) is 0 Å². The minimum absolute atomic E-state index is 0.107. The first-order valence-corrected chi connectivity index (χ1v) is 7.55. The Labute approximate surface area is 115 Å². The van der Waals surface area contributed by atoms with E-state index in [2.05, 4.69) is 14.3 Å². The molecular weight excluding hydrogens is 286 g/mol. The molecule has 0 saturated heterocycles. The normalized spacial score (nSPS) is 11.6. The van der Waals surface area contributed by atoms with E-state index in [0.717, 1.165) is 6.26 Å². The van der Waals surface area contributed by atoms with Crippen LogP contribution in [-0.2, 0) is 14.9 Å². The lowest BCUT2D eigenvalue weighted by Gasteiger charge is -2.05. The molecule has 0 radical (unpaired) electrons. The molecule has 2 aromatic heterocycles. The molecule has 0 aliphatic carbocycles. The molecule has 2 rings (SSSR count). The van der Waals surface area contributed by atoms with Crippen LogP contribution < -0.4 is 4.18 Å². The first kappa shape index (κ1) is 14.3. The van der Waals surface area contributed by atoms with E-state index in [1.165, 1.54) is 16.8 Å². The van der Waals surface area contributed by atoms with E-state index in [1.807, 2.05) is 0 Å². The third-order valence-corrected chi connectivity index (χ3v) is 2.91. The number of hydrogen-bond acceptors (Lipinski definition) is 7. The lowest BCUT2D eigenvalue weighted by atomic mass is 10.2. The molecule has 0 saturated carbocycles. The second-order valence-electron chi connectivity index (χ2n) is 4.02. The van der Waals surface area contributed by atoms with E-state index in [-0.39, 0.29) is 18.1 Å². The van der Waals surface area contributed by atoms with Gasteiger partial charge in [0, 0.05) is 12.3 Å². The summed E-state index contributed by atoms with van der Waals surface area (Å²) in [6.45, 7) is 3.60. The molecule has 8 nitrogen and oxygen atoms in total. The van der Waals surface area contributed by atoms with Gasteiger partial charge in [0.1, 0.15) is 0 Å². The third kappa shape index (κ3) is 2.87. The van der Waals surface area contributed by atoms with Gasteiger partial charge < -0.3 is 8.92 Å². The Kier molecular flexibility index (Phi) is 3.62. The Morgan fingerprint density at radius 1 is 1.45 bits per heavy atom. The predicted molar refractivity (Wildman–Crippen MR) is 69.2 cm³/mol. The molecular formula is C11H13N3O5S. The second-order valence-corrected chi connectivity index (χ2v) is 5.59. The molecule has 2 heterocycles. The zero-order valence-corrected chi connectivity index (χ0v) is 12.0. The van der Waals surface area contributed by atoms with E-state index in [9.17, 15) is 13.2 Å². The molecule has 0 unspecified atom stereocenters. The van der Waals surface area contributed by atoms with E-state index in [1.54, 1.807) is 13.8 Å². The number of carbonyl (C=O) groups excluding carboxylic acids is 1. The van der Waals surface area contributed by atoms with Crippen molar-refractivity contribution in [2.45, 2.75) is 13.8 Å². The van der Waals surface area contributed by atoms with Gasteiger partial charge in [-0.1, -0.05) is 0 Å². The Morgan fingerprint density at radius 2 is 2.15 bits per heavy atom. The standard InChI is InChI=1S/C11H13N3O5S/c1-4-18-11(15)8-6-12-9-5-10(19-20(3,16)17)13-14(9)7(8)2/h5-6H,4H2,1-3H3. The van der Waals surface area contributed by atoms with Crippen molar-refractivity contribution in [3.05, 3.63) is 23.5 Å². The zero-order chi connectivity index (χ0) is 14.9. The van der Waals surface area contributed by atoms with Gasteiger partial charge in [0.15, 0.2) is 5.65 Å². The largest absolute Gasteiger partial charge is 0.462 e. The molecule has 0 N–H and O–H groups in total. The van der Waals surface area contributed by atoms with E-state index < -0.39 is 16.1 Å². The molecule has 9 heteroatoms. The van der Waals surface area contributed by atoms with Crippen molar-refractivity contribution in [1.29, 1.82) is 0 Å². The molecule has 0 spiro atoms. The number of rotatable bonds is 4. The Hall–Kier alpha value is -2.16.